The molecule has 0 aliphatic carbocycles. The number of piperazine rings is 1. The van der Waals surface area contributed by atoms with Crippen LogP contribution in [-0.2, 0) is 9.59 Å². The number of hydrogen-bond donors (Lipinski definition) is 1. The van der Waals surface area contributed by atoms with Crippen LogP contribution >= 0.6 is 11.8 Å². The molecule has 1 N–H and O–H groups in total. The summed E-state index contributed by atoms with van der Waals surface area (Å²) in [5.41, 5.74) is 0. The lowest BCUT2D eigenvalue weighted by atomic mass is 10.2. The first kappa shape index (κ1) is 18.8. The van der Waals surface area contributed by atoms with Crippen molar-refractivity contribution in [2.45, 2.75) is 13.0 Å². The van der Waals surface area contributed by atoms with Gasteiger partial charge in [0.1, 0.15) is 5.76 Å². The Labute approximate surface area is 156 Å². The van der Waals surface area contributed by atoms with Gasteiger partial charge in [0.05, 0.1) is 12.3 Å². The Balaban J connectivity index is 1.62. The summed E-state index contributed by atoms with van der Waals surface area (Å²) < 4.78 is 5.55. The van der Waals surface area contributed by atoms with E-state index in [4.69, 9.17) is 4.42 Å². The molecule has 4 amide bonds. The standard InChI is InChI=1S/C17H24N4O4S/c1-2-19-5-6-21(16(23)15(19)22)17(24)18-12-13(14-4-3-9-25-14)20-7-10-26-11-8-20/h3-4,9,13H,2,5-8,10-12H2,1H3,(H,18,24)/t13-/m0/s1. The molecule has 3 heterocycles. The topological polar surface area (TPSA) is 86.1 Å². The number of likely N-dealkylation sites (N-methyl/N-ethyl adjacent to an activating group) is 1. The molecule has 3 rings (SSSR count). The minimum Gasteiger partial charge on any atom is -0.468 e. The lowest BCUT2D eigenvalue weighted by Gasteiger charge is -2.35. The van der Waals surface area contributed by atoms with Crippen LogP contribution < -0.4 is 5.32 Å². The third-order valence-electron chi connectivity index (χ3n) is 4.74. The maximum Gasteiger partial charge on any atom is 0.324 e. The van der Waals surface area contributed by atoms with Crippen LogP contribution in [0.15, 0.2) is 22.8 Å². The Morgan fingerprint density at radius 2 is 2.00 bits per heavy atom. The highest BCUT2D eigenvalue weighted by molar-refractivity contribution is 7.99. The van der Waals surface area contributed by atoms with E-state index in [1.54, 1.807) is 6.26 Å². The van der Waals surface area contributed by atoms with Gasteiger partial charge in [0, 0.05) is 50.8 Å². The van der Waals surface area contributed by atoms with Crippen molar-refractivity contribution >= 4 is 29.6 Å². The van der Waals surface area contributed by atoms with Crippen molar-refractivity contribution < 1.29 is 18.8 Å². The molecule has 2 aliphatic heterocycles. The Morgan fingerprint density at radius 3 is 2.65 bits per heavy atom. The molecule has 1 aromatic rings. The molecule has 1 aromatic heterocycles. The molecule has 1 atom stereocenters. The van der Waals surface area contributed by atoms with Gasteiger partial charge in [0.25, 0.3) is 0 Å². The van der Waals surface area contributed by atoms with Crippen LogP contribution in [0.3, 0.4) is 0 Å². The largest absolute Gasteiger partial charge is 0.468 e. The van der Waals surface area contributed by atoms with E-state index in [-0.39, 0.29) is 12.6 Å². The van der Waals surface area contributed by atoms with Gasteiger partial charge in [-0.1, -0.05) is 0 Å². The number of carbonyl (C=O) groups excluding carboxylic acids is 3. The van der Waals surface area contributed by atoms with Crippen molar-refractivity contribution in [3.8, 4) is 0 Å². The molecular formula is C17H24N4O4S. The third kappa shape index (κ3) is 4.04. The van der Waals surface area contributed by atoms with Gasteiger partial charge in [-0.05, 0) is 19.1 Å². The molecule has 0 bridgehead atoms. The molecule has 0 aromatic carbocycles. The fourth-order valence-corrected chi connectivity index (χ4v) is 4.16. The van der Waals surface area contributed by atoms with Crippen molar-refractivity contribution in [1.29, 1.82) is 0 Å². The first-order valence-electron chi connectivity index (χ1n) is 8.85. The van der Waals surface area contributed by atoms with Gasteiger partial charge in [0.2, 0.25) is 0 Å². The Bertz CT molecular complexity index is 645. The fourth-order valence-electron chi connectivity index (χ4n) is 3.23. The Morgan fingerprint density at radius 1 is 1.23 bits per heavy atom. The third-order valence-corrected chi connectivity index (χ3v) is 5.68. The number of thioether (sulfide) groups is 1. The number of imide groups is 1. The maximum atomic E-state index is 12.5. The number of urea groups is 1. The van der Waals surface area contributed by atoms with Gasteiger partial charge >= 0.3 is 17.8 Å². The molecule has 9 heteroatoms. The molecular weight excluding hydrogens is 356 g/mol. The highest BCUT2D eigenvalue weighted by atomic mass is 32.2. The zero-order valence-electron chi connectivity index (χ0n) is 14.8. The van der Waals surface area contributed by atoms with Gasteiger partial charge in [-0.3, -0.25) is 19.4 Å². The molecule has 142 valence electrons. The van der Waals surface area contributed by atoms with Crippen molar-refractivity contribution in [2.24, 2.45) is 0 Å². The van der Waals surface area contributed by atoms with Crippen molar-refractivity contribution in [3.63, 3.8) is 0 Å². The van der Waals surface area contributed by atoms with Crippen LogP contribution in [0, 0.1) is 0 Å². The predicted octanol–water partition coefficient (Wildman–Crippen LogP) is 0.770. The fraction of sp³-hybridized carbons (Fsp3) is 0.588. The highest BCUT2D eigenvalue weighted by Gasteiger charge is 2.36. The zero-order valence-corrected chi connectivity index (χ0v) is 15.7. The van der Waals surface area contributed by atoms with Crippen molar-refractivity contribution in [2.75, 3.05) is 50.8 Å². The van der Waals surface area contributed by atoms with Crippen molar-refractivity contribution in [3.05, 3.63) is 24.2 Å². The SMILES string of the molecule is CCN1CCN(C(=O)NC[C@@H](c2ccco2)N2CCSCC2)C(=O)C1=O. The second-order valence-corrected chi connectivity index (χ2v) is 7.43. The summed E-state index contributed by atoms with van der Waals surface area (Å²) in [5.74, 6) is 1.48. The molecule has 0 spiro atoms. The quantitative estimate of drug-likeness (QED) is 0.760. The summed E-state index contributed by atoms with van der Waals surface area (Å²) in [4.78, 5) is 41.3. The van der Waals surface area contributed by atoms with E-state index >= 15 is 0 Å². The average molecular weight is 380 g/mol. The van der Waals surface area contributed by atoms with Gasteiger partial charge in [-0.2, -0.15) is 11.8 Å². The number of rotatable bonds is 5. The molecule has 0 radical (unpaired) electrons. The molecule has 8 nitrogen and oxygen atoms in total. The van der Waals surface area contributed by atoms with Crippen LogP contribution in [0.1, 0.15) is 18.7 Å². The number of amides is 4. The minimum absolute atomic E-state index is 0.0856. The first-order chi connectivity index (χ1) is 12.6. The van der Waals surface area contributed by atoms with E-state index in [1.807, 2.05) is 30.8 Å². The van der Waals surface area contributed by atoms with E-state index in [2.05, 4.69) is 10.2 Å². The number of nitrogens with zero attached hydrogens (tertiary/aromatic N) is 3. The summed E-state index contributed by atoms with van der Waals surface area (Å²) in [6.07, 6.45) is 1.62. The maximum absolute atomic E-state index is 12.5. The van der Waals surface area contributed by atoms with E-state index in [0.717, 1.165) is 35.3 Å². The molecule has 26 heavy (non-hydrogen) atoms. The molecule has 2 aliphatic rings. The Kier molecular flexibility index (Phi) is 6.20. The second-order valence-electron chi connectivity index (χ2n) is 6.21. The van der Waals surface area contributed by atoms with E-state index in [1.165, 1.54) is 4.90 Å². The summed E-state index contributed by atoms with van der Waals surface area (Å²) in [5, 5.41) is 2.81. The highest BCUT2D eigenvalue weighted by Crippen LogP contribution is 2.24. The zero-order chi connectivity index (χ0) is 18.5. The summed E-state index contributed by atoms with van der Waals surface area (Å²) in [6.45, 7) is 5.03. The first-order valence-corrected chi connectivity index (χ1v) is 10.0. The van der Waals surface area contributed by atoms with Crippen LogP contribution in [-0.4, -0.2) is 83.3 Å². The normalized spacial score (nSPS) is 20.3. The molecule has 2 saturated heterocycles. The van der Waals surface area contributed by atoms with Crippen LogP contribution in [0.25, 0.3) is 0 Å². The smallest absolute Gasteiger partial charge is 0.324 e. The molecule has 0 unspecified atom stereocenters. The summed E-state index contributed by atoms with van der Waals surface area (Å²) >= 11 is 1.91. The summed E-state index contributed by atoms with van der Waals surface area (Å²) in [6, 6.07) is 3.11. The monoisotopic (exact) mass is 380 g/mol. The van der Waals surface area contributed by atoms with E-state index in [9.17, 15) is 14.4 Å². The molecule has 2 fully saturated rings. The van der Waals surface area contributed by atoms with Crippen LogP contribution in [0.4, 0.5) is 4.79 Å². The summed E-state index contributed by atoms with van der Waals surface area (Å²) in [7, 11) is 0. The van der Waals surface area contributed by atoms with Gasteiger partial charge < -0.3 is 14.6 Å². The predicted molar refractivity (Wildman–Crippen MR) is 97.7 cm³/mol. The Hall–Kier alpha value is -2.00. The van der Waals surface area contributed by atoms with Crippen LogP contribution in [0.5, 0.6) is 0 Å². The van der Waals surface area contributed by atoms with Gasteiger partial charge in [0.15, 0.2) is 0 Å². The van der Waals surface area contributed by atoms with Gasteiger partial charge in [-0.25, -0.2) is 4.79 Å². The number of furan rings is 1. The van der Waals surface area contributed by atoms with E-state index in [0.29, 0.717) is 19.6 Å². The average Bonchev–Trinajstić information content (AvgIpc) is 3.19. The number of nitrogens with one attached hydrogen (secondary N) is 1. The van der Waals surface area contributed by atoms with Crippen molar-refractivity contribution in [1.82, 2.24) is 20.0 Å². The minimum atomic E-state index is -0.764. The number of hydrogen-bond acceptors (Lipinski definition) is 6. The van der Waals surface area contributed by atoms with Crippen LogP contribution in [0.2, 0.25) is 0 Å². The van der Waals surface area contributed by atoms with Gasteiger partial charge in [-0.15, -0.1) is 0 Å². The lowest BCUT2D eigenvalue weighted by Crippen LogP contribution is -2.58. The van der Waals surface area contributed by atoms with E-state index < -0.39 is 17.8 Å². The lowest BCUT2D eigenvalue weighted by molar-refractivity contribution is -0.153. The number of carbonyl (C=O) groups is 3. The molecule has 0 saturated carbocycles. The second kappa shape index (κ2) is 8.59.